The van der Waals surface area contributed by atoms with E-state index in [0.29, 0.717) is 18.3 Å². The molecule has 1 aliphatic rings. The summed E-state index contributed by atoms with van der Waals surface area (Å²) in [5, 5.41) is 7.42. The Labute approximate surface area is 152 Å². The van der Waals surface area contributed by atoms with Gasteiger partial charge in [-0.2, -0.15) is 4.98 Å². The molecule has 0 bridgehead atoms. The standard InChI is InChI=1S/C19H19N3O2.ClH/c1-2-4-17(5-3-1)23-13-14-6-8-15(9-7-14)18-21-19(24-22-18)16-10-11-20-12-16;/h1-9,16,20H,10-13H2;1H/t16-;/m0./s1. The van der Waals surface area contributed by atoms with Gasteiger partial charge in [0.2, 0.25) is 11.7 Å². The maximum absolute atomic E-state index is 5.75. The molecule has 2 heterocycles. The Morgan fingerprint density at radius 3 is 2.60 bits per heavy atom. The van der Waals surface area contributed by atoms with E-state index < -0.39 is 0 Å². The molecule has 4 rings (SSSR count). The van der Waals surface area contributed by atoms with E-state index in [0.717, 1.165) is 42.3 Å². The molecule has 0 amide bonds. The number of rotatable bonds is 5. The average molecular weight is 358 g/mol. The number of nitrogens with zero attached hydrogens (tertiary/aromatic N) is 2. The van der Waals surface area contributed by atoms with E-state index in [1.54, 1.807) is 0 Å². The third-order valence-corrected chi connectivity index (χ3v) is 4.21. The van der Waals surface area contributed by atoms with Gasteiger partial charge in [0.05, 0.1) is 5.92 Å². The molecule has 1 atom stereocenters. The number of benzene rings is 2. The fourth-order valence-electron chi connectivity index (χ4n) is 2.82. The minimum Gasteiger partial charge on any atom is -0.489 e. The molecule has 130 valence electrons. The van der Waals surface area contributed by atoms with Gasteiger partial charge < -0.3 is 14.6 Å². The Morgan fingerprint density at radius 2 is 1.88 bits per heavy atom. The molecule has 6 heteroatoms. The molecule has 0 spiro atoms. The molecule has 1 aliphatic heterocycles. The van der Waals surface area contributed by atoms with Crippen molar-refractivity contribution in [3.63, 3.8) is 0 Å². The van der Waals surface area contributed by atoms with Crippen molar-refractivity contribution in [3.8, 4) is 17.1 Å². The summed E-state index contributed by atoms with van der Waals surface area (Å²) in [6.45, 7) is 2.46. The molecule has 0 aliphatic carbocycles. The molecule has 5 nitrogen and oxygen atoms in total. The zero-order valence-electron chi connectivity index (χ0n) is 13.7. The second-order valence-electron chi connectivity index (χ2n) is 5.94. The molecule has 2 aromatic carbocycles. The van der Waals surface area contributed by atoms with E-state index in [1.807, 2.05) is 54.6 Å². The Kier molecular flexibility index (Phi) is 5.68. The lowest BCUT2D eigenvalue weighted by Gasteiger charge is -2.06. The maximum Gasteiger partial charge on any atom is 0.231 e. The highest BCUT2D eigenvalue weighted by Crippen LogP contribution is 2.24. The predicted molar refractivity (Wildman–Crippen MR) is 98.0 cm³/mol. The summed E-state index contributed by atoms with van der Waals surface area (Å²) >= 11 is 0. The van der Waals surface area contributed by atoms with E-state index in [2.05, 4.69) is 15.5 Å². The monoisotopic (exact) mass is 357 g/mol. The molecule has 0 unspecified atom stereocenters. The molecular weight excluding hydrogens is 338 g/mol. The lowest BCUT2D eigenvalue weighted by molar-refractivity contribution is 0.306. The van der Waals surface area contributed by atoms with E-state index in [-0.39, 0.29) is 12.4 Å². The van der Waals surface area contributed by atoms with Crippen LogP contribution in [0.15, 0.2) is 59.1 Å². The van der Waals surface area contributed by atoms with E-state index in [1.165, 1.54) is 0 Å². The highest BCUT2D eigenvalue weighted by molar-refractivity contribution is 5.85. The zero-order valence-corrected chi connectivity index (χ0v) is 14.5. The quantitative estimate of drug-likeness (QED) is 0.752. The number of ether oxygens (including phenoxy) is 1. The minimum absolute atomic E-state index is 0. The van der Waals surface area contributed by atoms with Crippen molar-refractivity contribution in [2.45, 2.75) is 18.9 Å². The van der Waals surface area contributed by atoms with Crippen molar-refractivity contribution < 1.29 is 9.26 Å². The van der Waals surface area contributed by atoms with Crippen LogP contribution in [-0.4, -0.2) is 23.2 Å². The van der Waals surface area contributed by atoms with Crippen LogP contribution >= 0.6 is 12.4 Å². The summed E-state index contributed by atoms with van der Waals surface area (Å²) in [7, 11) is 0. The molecule has 1 saturated heterocycles. The summed E-state index contributed by atoms with van der Waals surface area (Å²) in [6.07, 6.45) is 1.05. The van der Waals surface area contributed by atoms with Crippen molar-refractivity contribution in [2.75, 3.05) is 13.1 Å². The van der Waals surface area contributed by atoms with Crippen molar-refractivity contribution in [1.82, 2.24) is 15.5 Å². The van der Waals surface area contributed by atoms with Gasteiger partial charge in [-0.15, -0.1) is 12.4 Å². The maximum atomic E-state index is 5.75. The Morgan fingerprint density at radius 1 is 1.08 bits per heavy atom. The van der Waals surface area contributed by atoms with Gasteiger partial charge >= 0.3 is 0 Å². The summed E-state index contributed by atoms with van der Waals surface area (Å²) in [5.74, 6) is 2.58. The van der Waals surface area contributed by atoms with Crippen molar-refractivity contribution in [1.29, 1.82) is 0 Å². The first-order valence-electron chi connectivity index (χ1n) is 8.20. The molecule has 3 aromatic rings. The van der Waals surface area contributed by atoms with Crippen molar-refractivity contribution in [2.24, 2.45) is 0 Å². The Bertz CT molecular complexity index is 784. The van der Waals surface area contributed by atoms with Crippen molar-refractivity contribution >= 4 is 12.4 Å². The summed E-state index contributed by atoms with van der Waals surface area (Å²) < 4.78 is 11.2. The largest absolute Gasteiger partial charge is 0.489 e. The van der Waals surface area contributed by atoms with E-state index >= 15 is 0 Å². The molecule has 1 N–H and O–H groups in total. The molecule has 1 fully saturated rings. The molecule has 25 heavy (non-hydrogen) atoms. The van der Waals surface area contributed by atoms with Gasteiger partial charge in [0.15, 0.2) is 0 Å². The van der Waals surface area contributed by atoms with Crippen LogP contribution in [0.25, 0.3) is 11.4 Å². The normalized spacial score (nSPS) is 16.4. The minimum atomic E-state index is 0. The SMILES string of the molecule is Cl.c1ccc(OCc2ccc(-c3noc([C@H]4CCNC4)n3)cc2)cc1. The molecule has 0 radical (unpaired) electrons. The predicted octanol–water partition coefficient (Wildman–Crippen LogP) is 3.81. The second-order valence-corrected chi connectivity index (χ2v) is 5.94. The Hall–Kier alpha value is -2.37. The summed E-state index contributed by atoms with van der Waals surface area (Å²) in [6, 6.07) is 17.9. The number of hydrogen-bond acceptors (Lipinski definition) is 5. The van der Waals surface area contributed by atoms with Crippen LogP contribution in [0.3, 0.4) is 0 Å². The van der Waals surface area contributed by atoms with Crippen LogP contribution < -0.4 is 10.1 Å². The number of para-hydroxylation sites is 1. The van der Waals surface area contributed by atoms with Crippen LogP contribution in [-0.2, 0) is 6.61 Å². The van der Waals surface area contributed by atoms with Crippen LogP contribution in [0.5, 0.6) is 5.75 Å². The van der Waals surface area contributed by atoms with Crippen LogP contribution in [0.4, 0.5) is 0 Å². The topological polar surface area (TPSA) is 60.2 Å². The fourth-order valence-corrected chi connectivity index (χ4v) is 2.82. The summed E-state index contributed by atoms with van der Waals surface area (Å²) in [5.41, 5.74) is 2.06. The highest BCUT2D eigenvalue weighted by Gasteiger charge is 2.22. The van der Waals surface area contributed by atoms with Gasteiger partial charge in [-0.1, -0.05) is 47.6 Å². The van der Waals surface area contributed by atoms with Gasteiger partial charge in [0.1, 0.15) is 12.4 Å². The highest BCUT2D eigenvalue weighted by atomic mass is 35.5. The molecular formula is C19H20ClN3O2. The number of aromatic nitrogens is 2. The van der Waals surface area contributed by atoms with Crippen LogP contribution in [0.2, 0.25) is 0 Å². The lowest BCUT2D eigenvalue weighted by atomic mass is 10.1. The number of hydrogen-bond donors (Lipinski definition) is 1. The smallest absolute Gasteiger partial charge is 0.231 e. The van der Waals surface area contributed by atoms with Gasteiger partial charge in [-0.3, -0.25) is 0 Å². The number of nitrogens with one attached hydrogen (secondary N) is 1. The van der Waals surface area contributed by atoms with Gasteiger partial charge in [0, 0.05) is 12.1 Å². The first-order chi connectivity index (χ1) is 11.9. The third-order valence-electron chi connectivity index (χ3n) is 4.21. The lowest BCUT2D eigenvalue weighted by Crippen LogP contribution is -2.08. The molecule has 1 aromatic heterocycles. The first-order valence-corrected chi connectivity index (χ1v) is 8.20. The molecule has 0 saturated carbocycles. The number of halogens is 1. The van der Waals surface area contributed by atoms with E-state index in [9.17, 15) is 0 Å². The second kappa shape index (κ2) is 8.14. The first kappa shape index (κ1) is 17.5. The van der Waals surface area contributed by atoms with E-state index in [4.69, 9.17) is 9.26 Å². The van der Waals surface area contributed by atoms with Gasteiger partial charge in [-0.05, 0) is 30.7 Å². The zero-order chi connectivity index (χ0) is 16.2. The van der Waals surface area contributed by atoms with Gasteiger partial charge in [0.25, 0.3) is 0 Å². The Balaban J connectivity index is 0.00000182. The van der Waals surface area contributed by atoms with Crippen molar-refractivity contribution in [3.05, 3.63) is 66.1 Å². The van der Waals surface area contributed by atoms with Crippen LogP contribution in [0, 0.1) is 0 Å². The van der Waals surface area contributed by atoms with Gasteiger partial charge in [-0.25, -0.2) is 0 Å². The summed E-state index contributed by atoms with van der Waals surface area (Å²) in [4.78, 5) is 4.54. The average Bonchev–Trinajstić information content (AvgIpc) is 3.33. The third kappa shape index (κ3) is 4.18. The van der Waals surface area contributed by atoms with Crippen LogP contribution in [0.1, 0.15) is 23.8 Å². The fraction of sp³-hybridized carbons (Fsp3) is 0.263.